The SMILES string of the molecule is CC(=O)c1ccccc1C(=O)OC(C(=O)NC(C)(C)C)c1ccc([N+](=O)[O-])cc1. The van der Waals surface area contributed by atoms with E-state index in [-0.39, 0.29) is 28.2 Å². The van der Waals surface area contributed by atoms with Crippen molar-refractivity contribution < 1.29 is 24.0 Å². The number of benzene rings is 2. The molecular formula is C21H22N2O6. The van der Waals surface area contributed by atoms with Crippen molar-refractivity contribution in [2.24, 2.45) is 0 Å². The number of amides is 1. The van der Waals surface area contributed by atoms with Crippen molar-refractivity contribution in [3.63, 3.8) is 0 Å². The zero-order valence-corrected chi connectivity index (χ0v) is 16.6. The zero-order chi connectivity index (χ0) is 21.8. The van der Waals surface area contributed by atoms with Gasteiger partial charge in [-0.2, -0.15) is 0 Å². The fraction of sp³-hybridized carbons (Fsp3) is 0.286. The quantitative estimate of drug-likeness (QED) is 0.344. The number of hydrogen-bond acceptors (Lipinski definition) is 6. The Labute approximate surface area is 168 Å². The topological polar surface area (TPSA) is 116 Å². The van der Waals surface area contributed by atoms with Gasteiger partial charge in [0, 0.05) is 28.8 Å². The molecule has 1 amide bonds. The highest BCUT2D eigenvalue weighted by Crippen LogP contribution is 2.24. The molecule has 1 atom stereocenters. The van der Waals surface area contributed by atoms with E-state index >= 15 is 0 Å². The monoisotopic (exact) mass is 398 g/mol. The predicted molar refractivity (Wildman–Crippen MR) is 106 cm³/mol. The summed E-state index contributed by atoms with van der Waals surface area (Å²) < 4.78 is 5.45. The van der Waals surface area contributed by atoms with Gasteiger partial charge in [0.05, 0.1) is 10.5 Å². The third-order valence-electron chi connectivity index (χ3n) is 3.89. The molecule has 0 aliphatic carbocycles. The fourth-order valence-corrected chi connectivity index (χ4v) is 2.62. The molecule has 0 radical (unpaired) electrons. The molecule has 8 nitrogen and oxygen atoms in total. The van der Waals surface area contributed by atoms with E-state index in [4.69, 9.17) is 4.74 Å². The number of carbonyl (C=O) groups is 3. The van der Waals surface area contributed by atoms with E-state index < -0.39 is 28.4 Å². The summed E-state index contributed by atoms with van der Waals surface area (Å²) in [4.78, 5) is 47.6. The first kappa shape index (κ1) is 21.7. The smallest absolute Gasteiger partial charge is 0.339 e. The van der Waals surface area contributed by atoms with Crippen molar-refractivity contribution in [3.05, 3.63) is 75.3 Å². The summed E-state index contributed by atoms with van der Waals surface area (Å²) in [5, 5.41) is 13.6. The molecule has 0 saturated carbocycles. The Morgan fingerprint density at radius 2 is 1.55 bits per heavy atom. The first-order valence-corrected chi connectivity index (χ1v) is 8.87. The van der Waals surface area contributed by atoms with E-state index in [2.05, 4.69) is 5.32 Å². The molecule has 0 aliphatic heterocycles. The minimum atomic E-state index is -1.34. The number of hydrogen-bond donors (Lipinski definition) is 1. The second-order valence-corrected chi connectivity index (χ2v) is 7.48. The standard InChI is InChI=1S/C21H22N2O6/c1-13(24)16-7-5-6-8-17(16)20(26)29-18(19(25)22-21(2,3)4)14-9-11-15(12-10-14)23(27)28/h5-12,18H,1-4H3,(H,22,25). The Hall–Kier alpha value is -3.55. The number of nitrogens with one attached hydrogen (secondary N) is 1. The van der Waals surface area contributed by atoms with E-state index in [0.717, 1.165) is 0 Å². The third-order valence-corrected chi connectivity index (χ3v) is 3.89. The molecule has 0 aliphatic rings. The van der Waals surface area contributed by atoms with Crippen LogP contribution in [-0.2, 0) is 9.53 Å². The maximum atomic E-state index is 12.8. The number of nitrogens with zero attached hydrogens (tertiary/aromatic N) is 1. The summed E-state index contributed by atoms with van der Waals surface area (Å²) in [6, 6.07) is 11.3. The molecule has 29 heavy (non-hydrogen) atoms. The van der Waals surface area contributed by atoms with Crippen molar-refractivity contribution in [2.75, 3.05) is 0 Å². The average Bonchev–Trinajstić information content (AvgIpc) is 2.64. The van der Waals surface area contributed by atoms with E-state index in [1.165, 1.54) is 43.3 Å². The van der Waals surface area contributed by atoms with Crippen molar-refractivity contribution in [1.82, 2.24) is 5.32 Å². The number of nitro benzene ring substituents is 1. The number of Topliss-reactive ketones (excluding diaryl/α,β-unsaturated/α-hetero) is 1. The van der Waals surface area contributed by atoms with Gasteiger partial charge in [-0.25, -0.2) is 4.79 Å². The molecule has 1 unspecified atom stereocenters. The molecule has 1 N–H and O–H groups in total. The van der Waals surface area contributed by atoms with Gasteiger partial charge >= 0.3 is 5.97 Å². The van der Waals surface area contributed by atoms with Crippen molar-refractivity contribution >= 4 is 23.3 Å². The Balaban J connectivity index is 2.40. The number of rotatable bonds is 6. The fourth-order valence-electron chi connectivity index (χ4n) is 2.62. The maximum Gasteiger partial charge on any atom is 0.339 e. The molecule has 0 spiro atoms. The Morgan fingerprint density at radius 3 is 2.03 bits per heavy atom. The van der Waals surface area contributed by atoms with Gasteiger partial charge in [0.2, 0.25) is 6.10 Å². The van der Waals surface area contributed by atoms with Gasteiger partial charge < -0.3 is 10.1 Å². The molecule has 0 heterocycles. The minimum absolute atomic E-state index is 0.0375. The molecule has 8 heteroatoms. The number of nitro groups is 1. The number of esters is 1. The molecule has 152 valence electrons. The molecule has 2 aromatic rings. The maximum absolute atomic E-state index is 12.8. The van der Waals surface area contributed by atoms with Crippen LogP contribution in [0, 0.1) is 10.1 Å². The molecular weight excluding hydrogens is 376 g/mol. The van der Waals surface area contributed by atoms with Gasteiger partial charge in [0.1, 0.15) is 0 Å². The van der Waals surface area contributed by atoms with Gasteiger partial charge in [-0.1, -0.05) is 18.2 Å². The highest BCUT2D eigenvalue weighted by atomic mass is 16.6. The molecule has 0 aromatic heterocycles. The van der Waals surface area contributed by atoms with Crippen LogP contribution >= 0.6 is 0 Å². The van der Waals surface area contributed by atoms with Crippen molar-refractivity contribution in [2.45, 2.75) is 39.3 Å². The molecule has 0 fully saturated rings. The summed E-state index contributed by atoms with van der Waals surface area (Å²) >= 11 is 0. The number of ketones is 1. The van der Waals surface area contributed by atoms with Crippen LogP contribution in [0.25, 0.3) is 0 Å². The zero-order valence-electron chi connectivity index (χ0n) is 16.6. The van der Waals surface area contributed by atoms with Crippen LogP contribution in [-0.4, -0.2) is 28.1 Å². The summed E-state index contributed by atoms with van der Waals surface area (Å²) in [5.41, 5.74) is -0.269. The second kappa shape index (κ2) is 8.64. The van der Waals surface area contributed by atoms with Crippen LogP contribution in [0.5, 0.6) is 0 Å². The lowest BCUT2D eigenvalue weighted by atomic mass is 10.0. The number of non-ortho nitro benzene ring substituents is 1. The molecule has 0 bridgehead atoms. The van der Waals surface area contributed by atoms with Crippen molar-refractivity contribution in [3.8, 4) is 0 Å². The molecule has 2 rings (SSSR count). The van der Waals surface area contributed by atoms with E-state index in [1.54, 1.807) is 32.9 Å². The second-order valence-electron chi connectivity index (χ2n) is 7.48. The first-order valence-electron chi connectivity index (χ1n) is 8.87. The van der Waals surface area contributed by atoms with E-state index in [1.807, 2.05) is 0 Å². The van der Waals surface area contributed by atoms with Crippen LogP contribution in [0.3, 0.4) is 0 Å². The lowest BCUT2D eigenvalue weighted by molar-refractivity contribution is -0.384. The molecule has 0 saturated heterocycles. The summed E-state index contributed by atoms with van der Waals surface area (Å²) in [7, 11) is 0. The van der Waals surface area contributed by atoms with Gasteiger partial charge in [-0.05, 0) is 45.9 Å². The van der Waals surface area contributed by atoms with Gasteiger partial charge in [0.25, 0.3) is 11.6 Å². The largest absolute Gasteiger partial charge is 0.444 e. The lowest BCUT2D eigenvalue weighted by Gasteiger charge is -2.25. The van der Waals surface area contributed by atoms with Crippen LogP contribution in [0.2, 0.25) is 0 Å². The first-order chi connectivity index (χ1) is 13.5. The Kier molecular flexibility index (Phi) is 6.48. The van der Waals surface area contributed by atoms with Crippen LogP contribution in [0.15, 0.2) is 48.5 Å². The average molecular weight is 398 g/mol. The van der Waals surface area contributed by atoms with Crippen molar-refractivity contribution in [1.29, 1.82) is 0 Å². The summed E-state index contributed by atoms with van der Waals surface area (Å²) in [6.45, 7) is 6.63. The third kappa shape index (κ3) is 5.71. The highest BCUT2D eigenvalue weighted by Gasteiger charge is 2.30. The highest BCUT2D eigenvalue weighted by molar-refractivity contribution is 6.05. The number of carbonyl (C=O) groups excluding carboxylic acids is 3. The normalized spacial score (nSPS) is 12.0. The Bertz CT molecular complexity index is 944. The van der Waals surface area contributed by atoms with E-state index in [0.29, 0.717) is 0 Å². The summed E-state index contributed by atoms with van der Waals surface area (Å²) in [6.07, 6.45) is -1.34. The van der Waals surface area contributed by atoms with Gasteiger partial charge in [-0.3, -0.25) is 19.7 Å². The Morgan fingerprint density at radius 1 is 1.00 bits per heavy atom. The van der Waals surface area contributed by atoms with Crippen LogP contribution < -0.4 is 5.32 Å². The molecule has 2 aromatic carbocycles. The predicted octanol–water partition coefficient (Wildman–Crippen LogP) is 3.61. The lowest BCUT2D eigenvalue weighted by Crippen LogP contribution is -2.44. The summed E-state index contributed by atoms with van der Waals surface area (Å²) in [5.74, 6) is -1.74. The van der Waals surface area contributed by atoms with Crippen LogP contribution in [0.4, 0.5) is 5.69 Å². The minimum Gasteiger partial charge on any atom is -0.444 e. The number of ether oxygens (including phenoxy) is 1. The van der Waals surface area contributed by atoms with Gasteiger partial charge in [-0.15, -0.1) is 0 Å². The van der Waals surface area contributed by atoms with Gasteiger partial charge in [0.15, 0.2) is 5.78 Å². The van der Waals surface area contributed by atoms with Crippen LogP contribution in [0.1, 0.15) is 60.1 Å². The van der Waals surface area contributed by atoms with E-state index in [9.17, 15) is 24.5 Å².